The minimum Gasteiger partial charge on any atom is -0.311 e. The second kappa shape index (κ2) is 9.42. The fraction of sp³-hybridized carbons (Fsp3) is 1.00. The van der Waals surface area contributed by atoms with Crippen LogP contribution in [0.1, 0.15) is 58.8 Å². The summed E-state index contributed by atoms with van der Waals surface area (Å²) in [5, 5.41) is 3.89. The molecule has 2 fully saturated rings. The summed E-state index contributed by atoms with van der Waals surface area (Å²) in [5.41, 5.74) is 0. The second-order valence-electron chi connectivity index (χ2n) is 7.21. The molecule has 1 N–H and O–H groups in total. The lowest BCUT2D eigenvalue weighted by Crippen LogP contribution is -2.60. The Morgan fingerprint density at radius 2 is 2.00 bits per heavy atom. The van der Waals surface area contributed by atoms with Crippen molar-refractivity contribution in [1.82, 2.24) is 10.2 Å². The van der Waals surface area contributed by atoms with Gasteiger partial charge in [0.05, 0.1) is 0 Å². The highest BCUT2D eigenvalue weighted by molar-refractivity contribution is 7.98. The van der Waals surface area contributed by atoms with Crippen LogP contribution >= 0.6 is 11.8 Å². The number of rotatable bonds is 7. The van der Waals surface area contributed by atoms with Crippen LogP contribution in [-0.2, 0) is 0 Å². The number of hydrogen-bond acceptors (Lipinski definition) is 3. The van der Waals surface area contributed by atoms with Crippen LogP contribution in [0.2, 0.25) is 0 Å². The molecule has 0 aromatic rings. The van der Waals surface area contributed by atoms with Crippen molar-refractivity contribution in [1.29, 1.82) is 0 Å². The van der Waals surface area contributed by atoms with Gasteiger partial charge in [0.15, 0.2) is 0 Å². The Balaban J connectivity index is 1.93. The third-order valence-electron chi connectivity index (χ3n) is 5.81. The van der Waals surface area contributed by atoms with E-state index in [1.165, 1.54) is 70.3 Å². The van der Waals surface area contributed by atoms with Gasteiger partial charge in [0.1, 0.15) is 0 Å². The molecule has 0 spiro atoms. The van der Waals surface area contributed by atoms with Crippen molar-refractivity contribution in [3.63, 3.8) is 0 Å². The normalized spacial score (nSPS) is 30.4. The lowest BCUT2D eigenvalue weighted by Gasteiger charge is -2.46. The van der Waals surface area contributed by atoms with Crippen molar-refractivity contribution in [3.8, 4) is 0 Å². The molecule has 1 aliphatic carbocycles. The molecule has 2 nitrogen and oxygen atoms in total. The summed E-state index contributed by atoms with van der Waals surface area (Å²) < 4.78 is 0. The highest BCUT2D eigenvalue weighted by Crippen LogP contribution is 2.31. The first kappa shape index (κ1) is 17.6. The van der Waals surface area contributed by atoms with E-state index < -0.39 is 0 Å². The summed E-state index contributed by atoms with van der Waals surface area (Å²) in [6.45, 7) is 8.58. The van der Waals surface area contributed by atoms with Crippen molar-refractivity contribution < 1.29 is 0 Å². The topological polar surface area (TPSA) is 15.3 Å². The molecule has 2 aliphatic rings. The van der Waals surface area contributed by atoms with Crippen LogP contribution in [0.15, 0.2) is 0 Å². The molecule has 0 aromatic carbocycles. The molecule has 0 bridgehead atoms. The molecular weight excluding hydrogens is 276 g/mol. The van der Waals surface area contributed by atoms with Crippen molar-refractivity contribution in [2.75, 3.05) is 31.6 Å². The van der Waals surface area contributed by atoms with E-state index >= 15 is 0 Å². The Labute approximate surface area is 136 Å². The van der Waals surface area contributed by atoms with Gasteiger partial charge < -0.3 is 5.32 Å². The standard InChI is InChI=1S/C18H36N2S/c1-4-15(2)17-14-20(11-8-12-21-3)18(13-19-17)16-9-6-5-7-10-16/h15-19H,4-14H2,1-3H3. The number of nitrogens with one attached hydrogen (secondary N) is 1. The minimum atomic E-state index is 0.712. The zero-order chi connectivity index (χ0) is 15.1. The summed E-state index contributed by atoms with van der Waals surface area (Å²) in [7, 11) is 0. The summed E-state index contributed by atoms with van der Waals surface area (Å²) in [5.74, 6) is 3.08. The predicted molar refractivity (Wildman–Crippen MR) is 96.2 cm³/mol. The van der Waals surface area contributed by atoms with E-state index in [4.69, 9.17) is 0 Å². The number of piperazine rings is 1. The molecule has 1 saturated carbocycles. The zero-order valence-electron chi connectivity index (χ0n) is 14.4. The first-order valence-corrected chi connectivity index (χ1v) is 10.6. The maximum atomic E-state index is 3.89. The van der Waals surface area contributed by atoms with Crippen LogP contribution in [0.4, 0.5) is 0 Å². The Kier molecular flexibility index (Phi) is 7.90. The average molecular weight is 313 g/mol. The lowest BCUT2D eigenvalue weighted by molar-refractivity contribution is 0.0594. The largest absolute Gasteiger partial charge is 0.311 e. The van der Waals surface area contributed by atoms with E-state index in [0.29, 0.717) is 6.04 Å². The second-order valence-corrected chi connectivity index (χ2v) is 8.19. The number of nitrogens with zero attached hydrogens (tertiary/aromatic N) is 1. The first-order chi connectivity index (χ1) is 10.3. The van der Waals surface area contributed by atoms with Gasteiger partial charge in [0.2, 0.25) is 0 Å². The predicted octanol–water partition coefficient (Wildman–Crippen LogP) is 4.01. The monoisotopic (exact) mass is 312 g/mol. The molecule has 1 aliphatic heterocycles. The summed E-state index contributed by atoms with van der Waals surface area (Å²) in [4.78, 5) is 2.86. The van der Waals surface area contributed by atoms with Crippen molar-refractivity contribution in [3.05, 3.63) is 0 Å². The van der Waals surface area contributed by atoms with E-state index in [1.54, 1.807) is 0 Å². The molecule has 1 saturated heterocycles. The van der Waals surface area contributed by atoms with Crippen LogP contribution in [0.25, 0.3) is 0 Å². The molecule has 3 unspecified atom stereocenters. The summed E-state index contributed by atoms with van der Waals surface area (Å²) >= 11 is 2.00. The minimum absolute atomic E-state index is 0.712. The number of thioether (sulfide) groups is 1. The van der Waals surface area contributed by atoms with Gasteiger partial charge in [-0.2, -0.15) is 11.8 Å². The third-order valence-corrected chi connectivity index (χ3v) is 6.50. The Hall–Kier alpha value is 0.270. The first-order valence-electron chi connectivity index (χ1n) is 9.22. The molecular formula is C18H36N2S. The van der Waals surface area contributed by atoms with Crippen molar-refractivity contribution >= 4 is 11.8 Å². The molecule has 2 rings (SSSR count). The van der Waals surface area contributed by atoms with E-state index in [9.17, 15) is 0 Å². The van der Waals surface area contributed by atoms with Gasteiger partial charge in [-0.15, -0.1) is 0 Å². The Morgan fingerprint density at radius 3 is 2.67 bits per heavy atom. The zero-order valence-corrected chi connectivity index (χ0v) is 15.3. The van der Waals surface area contributed by atoms with Crippen molar-refractivity contribution in [2.45, 2.75) is 70.9 Å². The maximum absolute atomic E-state index is 3.89. The Bertz CT molecular complexity index is 278. The molecule has 0 aromatic heterocycles. The Morgan fingerprint density at radius 1 is 1.24 bits per heavy atom. The van der Waals surface area contributed by atoms with E-state index in [-0.39, 0.29) is 0 Å². The quantitative estimate of drug-likeness (QED) is 0.715. The molecule has 0 radical (unpaired) electrons. The molecule has 3 atom stereocenters. The lowest BCUT2D eigenvalue weighted by atomic mass is 9.81. The molecule has 124 valence electrons. The van der Waals surface area contributed by atoms with Gasteiger partial charge in [-0.3, -0.25) is 4.90 Å². The fourth-order valence-corrected chi connectivity index (χ4v) is 4.59. The van der Waals surface area contributed by atoms with Crippen LogP contribution in [0, 0.1) is 11.8 Å². The molecule has 3 heteroatoms. The number of hydrogen-bond donors (Lipinski definition) is 1. The van der Waals surface area contributed by atoms with Gasteiger partial charge >= 0.3 is 0 Å². The SMILES string of the molecule is CCC(C)C1CN(CCCSC)C(C2CCCCC2)CN1. The molecule has 1 heterocycles. The fourth-order valence-electron chi connectivity index (χ4n) is 4.17. The molecule has 0 amide bonds. The highest BCUT2D eigenvalue weighted by Gasteiger charge is 2.34. The highest BCUT2D eigenvalue weighted by atomic mass is 32.2. The van der Waals surface area contributed by atoms with E-state index in [0.717, 1.165) is 17.9 Å². The van der Waals surface area contributed by atoms with Gasteiger partial charge in [0.25, 0.3) is 0 Å². The summed E-state index contributed by atoms with van der Waals surface area (Å²) in [6.07, 6.45) is 12.2. The van der Waals surface area contributed by atoms with E-state index in [1.807, 2.05) is 11.8 Å². The van der Waals surface area contributed by atoms with Gasteiger partial charge in [-0.05, 0) is 49.7 Å². The van der Waals surface area contributed by atoms with Gasteiger partial charge in [0, 0.05) is 25.2 Å². The van der Waals surface area contributed by atoms with Gasteiger partial charge in [-0.1, -0.05) is 39.5 Å². The van der Waals surface area contributed by atoms with E-state index in [2.05, 4.69) is 30.3 Å². The third kappa shape index (κ3) is 5.14. The van der Waals surface area contributed by atoms with Crippen LogP contribution < -0.4 is 5.32 Å². The summed E-state index contributed by atoms with van der Waals surface area (Å²) in [6, 6.07) is 1.52. The maximum Gasteiger partial charge on any atom is 0.0249 e. The smallest absolute Gasteiger partial charge is 0.0249 e. The van der Waals surface area contributed by atoms with Crippen LogP contribution in [0.5, 0.6) is 0 Å². The van der Waals surface area contributed by atoms with Gasteiger partial charge in [-0.25, -0.2) is 0 Å². The van der Waals surface area contributed by atoms with Crippen molar-refractivity contribution in [2.24, 2.45) is 11.8 Å². The van der Waals surface area contributed by atoms with Crippen LogP contribution in [-0.4, -0.2) is 48.6 Å². The molecule has 21 heavy (non-hydrogen) atoms. The van der Waals surface area contributed by atoms with Crippen LogP contribution in [0.3, 0.4) is 0 Å². The average Bonchev–Trinajstić information content (AvgIpc) is 2.55.